The fraction of sp³-hybridized carbons (Fsp3) is 1.00. The van der Waals surface area contributed by atoms with Crippen LogP contribution >= 0.6 is 0 Å². The molecule has 3 saturated carbocycles. The van der Waals surface area contributed by atoms with E-state index >= 15 is 0 Å². The van der Waals surface area contributed by atoms with Crippen molar-refractivity contribution in [2.75, 3.05) is 6.54 Å². The predicted molar refractivity (Wildman–Crippen MR) is 54.6 cm³/mol. The van der Waals surface area contributed by atoms with Crippen LogP contribution in [0, 0.1) is 17.3 Å². The summed E-state index contributed by atoms with van der Waals surface area (Å²) < 4.78 is 0. The zero-order chi connectivity index (χ0) is 8.89. The molecule has 0 radical (unpaired) electrons. The van der Waals surface area contributed by atoms with Gasteiger partial charge in [-0.1, -0.05) is 19.8 Å². The lowest BCUT2D eigenvalue weighted by molar-refractivity contribution is 0.480. The number of hydrogen-bond donors (Lipinski definition) is 1. The van der Waals surface area contributed by atoms with Crippen molar-refractivity contribution in [2.24, 2.45) is 17.3 Å². The van der Waals surface area contributed by atoms with Gasteiger partial charge >= 0.3 is 0 Å². The van der Waals surface area contributed by atoms with Crippen LogP contribution in [0.1, 0.15) is 45.4 Å². The Balaban J connectivity index is 1.47. The highest BCUT2D eigenvalue weighted by Gasteiger charge is 2.51. The average Bonchev–Trinajstić information content (AvgIpc) is 3.00. The van der Waals surface area contributed by atoms with Crippen LogP contribution in [-0.4, -0.2) is 12.6 Å². The number of rotatable bonds is 3. The molecule has 3 aliphatic rings. The summed E-state index contributed by atoms with van der Waals surface area (Å²) >= 11 is 0. The Bertz CT molecular complexity index is 195. The summed E-state index contributed by atoms with van der Waals surface area (Å²) in [6.07, 6.45) is 8.94. The van der Waals surface area contributed by atoms with Crippen LogP contribution in [0.3, 0.4) is 0 Å². The fourth-order valence-corrected chi connectivity index (χ4v) is 3.05. The van der Waals surface area contributed by atoms with Crippen molar-refractivity contribution in [1.82, 2.24) is 5.32 Å². The van der Waals surface area contributed by atoms with Crippen molar-refractivity contribution in [3.05, 3.63) is 0 Å². The normalized spacial score (nSPS) is 45.5. The molecule has 0 aromatic heterocycles. The Labute approximate surface area is 81.3 Å². The van der Waals surface area contributed by atoms with Crippen LogP contribution in [0.25, 0.3) is 0 Å². The van der Waals surface area contributed by atoms with Crippen molar-refractivity contribution in [3.63, 3.8) is 0 Å². The third-order valence-electron chi connectivity index (χ3n) is 4.52. The number of fused-ring (bicyclic) bond motifs is 1. The van der Waals surface area contributed by atoms with Crippen LogP contribution < -0.4 is 5.32 Å². The maximum Gasteiger partial charge on any atom is 0.0130 e. The lowest BCUT2D eigenvalue weighted by Gasteiger charge is -2.09. The summed E-state index contributed by atoms with van der Waals surface area (Å²) in [5.74, 6) is 2.16. The minimum atomic E-state index is 0.700. The standard InChI is InChI=1S/C12H21N/c1-12(6-7-12)8-13-11-9-4-2-3-5-10(9)11/h9-11,13H,2-8H2,1H3. The van der Waals surface area contributed by atoms with Crippen molar-refractivity contribution in [1.29, 1.82) is 0 Å². The smallest absolute Gasteiger partial charge is 0.0130 e. The third-order valence-corrected chi connectivity index (χ3v) is 4.52. The topological polar surface area (TPSA) is 12.0 Å². The van der Waals surface area contributed by atoms with Gasteiger partial charge < -0.3 is 5.32 Å². The molecule has 2 unspecified atom stereocenters. The molecule has 1 nitrogen and oxygen atoms in total. The summed E-state index contributed by atoms with van der Waals surface area (Å²) in [6, 6.07) is 0.930. The molecule has 0 heterocycles. The molecule has 74 valence electrons. The molecule has 0 bridgehead atoms. The SMILES string of the molecule is CC1(CNC2C3CCCCC32)CC1. The third kappa shape index (κ3) is 1.52. The van der Waals surface area contributed by atoms with Gasteiger partial charge in [-0.2, -0.15) is 0 Å². The molecular weight excluding hydrogens is 158 g/mol. The second kappa shape index (κ2) is 2.73. The highest BCUT2D eigenvalue weighted by Crippen LogP contribution is 2.51. The Hall–Kier alpha value is -0.0400. The van der Waals surface area contributed by atoms with Crippen molar-refractivity contribution >= 4 is 0 Å². The highest BCUT2D eigenvalue weighted by atomic mass is 15.0. The lowest BCUT2D eigenvalue weighted by Crippen LogP contribution is -2.26. The molecule has 13 heavy (non-hydrogen) atoms. The Morgan fingerprint density at radius 2 is 1.77 bits per heavy atom. The van der Waals surface area contributed by atoms with Gasteiger partial charge in [0.05, 0.1) is 0 Å². The van der Waals surface area contributed by atoms with E-state index in [4.69, 9.17) is 0 Å². The molecule has 3 fully saturated rings. The van der Waals surface area contributed by atoms with Gasteiger partial charge in [-0.3, -0.25) is 0 Å². The van der Waals surface area contributed by atoms with Gasteiger partial charge in [0.15, 0.2) is 0 Å². The minimum Gasteiger partial charge on any atom is -0.313 e. The monoisotopic (exact) mass is 179 g/mol. The first-order valence-electron chi connectivity index (χ1n) is 6.02. The first kappa shape index (κ1) is 8.28. The molecule has 3 aliphatic carbocycles. The molecule has 0 aromatic carbocycles. The maximum atomic E-state index is 3.80. The summed E-state index contributed by atoms with van der Waals surface area (Å²) in [6.45, 7) is 3.72. The Morgan fingerprint density at radius 3 is 2.31 bits per heavy atom. The van der Waals surface area contributed by atoms with Crippen molar-refractivity contribution in [3.8, 4) is 0 Å². The number of nitrogens with one attached hydrogen (secondary N) is 1. The first-order chi connectivity index (χ1) is 6.29. The molecule has 0 aliphatic heterocycles. The van der Waals surface area contributed by atoms with Gasteiger partial charge in [0.25, 0.3) is 0 Å². The minimum absolute atomic E-state index is 0.700. The van der Waals surface area contributed by atoms with E-state index in [1.165, 1.54) is 45.1 Å². The van der Waals surface area contributed by atoms with Crippen molar-refractivity contribution in [2.45, 2.75) is 51.5 Å². The van der Waals surface area contributed by atoms with E-state index in [0.29, 0.717) is 5.41 Å². The van der Waals surface area contributed by atoms with Crippen molar-refractivity contribution < 1.29 is 0 Å². The largest absolute Gasteiger partial charge is 0.313 e. The molecular formula is C12H21N. The predicted octanol–water partition coefficient (Wildman–Crippen LogP) is 2.56. The van der Waals surface area contributed by atoms with Crippen LogP contribution in [0.5, 0.6) is 0 Å². The fourth-order valence-electron chi connectivity index (χ4n) is 3.05. The Kier molecular flexibility index (Phi) is 1.74. The van der Waals surface area contributed by atoms with E-state index in [-0.39, 0.29) is 0 Å². The average molecular weight is 179 g/mol. The zero-order valence-corrected chi connectivity index (χ0v) is 8.68. The summed E-state index contributed by atoms with van der Waals surface area (Å²) in [4.78, 5) is 0. The van der Waals surface area contributed by atoms with Gasteiger partial charge in [0.2, 0.25) is 0 Å². The molecule has 0 saturated heterocycles. The van der Waals surface area contributed by atoms with Crippen LogP contribution in [0.4, 0.5) is 0 Å². The number of hydrogen-bond acceptors (Lipinski definition) is 1. The molecule has 0 spiro atoms. The van der Waals surface area contributed by atoms with Gasteiger partial charge in [-0.05, 0) is 42.9 Å². The van der Waals surface area contributed by atoms with Gasteiger partial charge in [0.1, 0.15) is 0 Å². The van der Waals surface area contributed by atoms with Crippen LogP contribution in [0.2, 0.25) is 0 Å². The molecule has 2 atom stereocenters. The van der Waals surface area contributed by atoms with Crippen LogP contribution in [0.15, 0.2) is 0 Å². The second-order valence-corrected chi connectivity index (χ2v) is 5.83. The molecule has 0 amide bonds. The Morgan fingerprint density at radius 1 is 1.15 bits per heavy atom. The van der Waals surface area contributed by atoms with E-state index in [9.17, 15) is 0 Å². The van der Waals surface area contributed by atoms with E-state index in [0.717, 1.165) is 17.9 Å². The van der Waals surface area contributed by atoms with E-state index in [1.54, 1.807) is 0 Å². The van der Waals surface area contributed by atoms with Gasteiger partial charge in [-0.15, -0.1) is 0 Å². The zero-order valence-electron chi connectivity index (χ0n) is 8.68. The van der Waals surface area contributed by atoms with E-state index < -0.39 is 0 Å². The summed E-state index contributed by atoms with van der Waals surface area (Å²) in [5.41, 5.74) is 0.700. The molecule has 1 heteroatoms. The summed E-state index contributed by atoms with van der Waals surface area (Å²) in [5, 5.41) is 3.80. The van der Waals surface area contributed by atoms with E-state index in [2.05, 4.69) is 12.2 Å². The quantitative estimate of drug-likeness (QED) is 0.702. The lowest BCUT2D eigenvalue weighted by atomic mass is 10.0. The molecule has 1 N–H and O–H groups in total. The molecule has 0 aromatic rings. The molecule has 3 rings (SSSR count). The summed E-state index contributed by atoms with van der Waals surface area (Å²) in [7, 11) is 0. The van der Waals surface area contributed by atoms with Crippen LogP contribution in [-0.2, 0) is 0 Å². The van der Waals surface area contributed by atoms with E-state index in [1.807, 2.05) is 0 Å². The maximum absolute atomic E-state index is 3.80. The first-order valence-corrected chi connectivity index (χ1v) is 6.02. The highest BCUT2D eigenvalue weighted by molar-refractivity contribution is 5.06. The van der Waals surface area contributed by atoms with Gasteiger partial charge in [-0.25, -0.2) is 0 Å². The second-order valence-electron chi connectivity index (χ2n) is 5.83. The van der Waals surface area contributed by atoms with Gasteiger partial charge in [0, 0.05) is 12.6 Å².